The number of aromatic nitrogens is 4. The van der Waals surface area contributed by atoms with Crippen molar-refractivity contribution in [2.24, 2.45) is 0 Å². The van der Waals surface area contributed by atoms with Crippen LogP contribution < -0.4 is 0 Å². The van der Waals surface area contributed by atoms with Crippen LogP contribution in [0.15, 0.2) is 96.3 Å². The number of pyridine rings is 2. The molecule has 0 unspecified atom stereocenters. The van der Waals surface area contributed by atoms with E-state index >= 15 is 0 Å². The number of hydrogen-bond acceptors (Lipinski definition) is 5. The van der Waals surface area contributed by atoms with E-state index in [2.05, 4.69) is 38.1 Å². The zero-order valence-corrected chi connectivity index (χ0v) is 19.5. The Morgan fingerprint density at radius 1 is 0.765 bits per heavy atom. The lowest BCUT2D eigenvalue weighted by atomic mass is 10.0. The Kier molecular flexibility index (Phi) is 5.55. The fourth-order valence-electron chi connectivity index (χ4n) is 3.81. The third kappa shape index (κ3) is 4.38. The van der Waals surface area contributed by atoms with Crippen molar-refractivity contribution in [3.63, 3.8) is 0 Å². The molecule has 0 spiro atoms. The smallest absolute Gasteiger partial charge is 0.175 e. The molecule has 3 heterocycles. The van der Waals surface area contributed by atoms with Gasteiger partial charge < -0.3 is 4.98 Å². The number of H-pyrrole nitrogens is 1. The van der Waals surface area contributed by atoms with Crippen LogP contribution in [0, 0.1) is 6.92 Å². The minimum Gasteiger partial charge on any atom is -0.337 e. The summed E-state index contributed by atoms with van der Waals surface area (Å²) >= 11 is 0. The largest absolute Gasteiger partial charge is 0.337 e. The maximum Gasteiger partial charge on any atom is 0.175 e. The molecule has 0 fully saturated rings. The van der Waals surface area contributed by atoms with Crippen LogP contribution in [0.3, 0.4) is 0 Å². The average molecular weight is 467 g/mol. The minimum atomic E-state index is -3.24. The molecule has 0 atom stereocenters. The number of sulfone groups is 1. The average Bonchev–Trinajstić information content (AvgIpc) is 3.34. The lowest BCUT2D eigenvalue weighted by molar-refractivity contribution is 0.602. The molecular formula is C27H22N4O2S. The van der Waals surface area contributed by atoms with E-state index < -0.39 is 9.84 Å². The molecular weight excluding hydrogens is 444 g/mol. The van der Waals surface area contributed by atoms with Gasteiger partial charge in [0.1, 0.15) is 5.69 Å². The van der Waals surface area contributed by atoms with Crippen LogP contribution >= 0.6 is 0 Å². The van der Waals surface area contributed by atoms with E-state index in [-0.39, 0.29) is 4.90 Å². The second kappa shape index (κ2) is 8.68. The zero-order valence-electron chi connectivity index (χ0n) is 18.7. The van der Waals surface area contributed by atoms with Gasteiger partial charge in [-0.05, 0) is 48.4 Å². The van der Waals surface area contributed by atoms with Crippen LogP contribution in [-0.2, 0) is 9.84 Å². The molecule has 5 rings (SSSR count). The van der Waals surface area contributed by atoms with Gasteiger partial charge in [-0.1, -0.05) is 42.5 Å². The van der Waals surface area contributed by atoms with Crippen LogP contribution in [-0.4, -0.2) is 34.6 Å². The Balaban J connectivity index is 1.50. The molecule has 5 aromatic rings. The highest BCUT2D eigenvalue weighted by Gasteiger charge is 2.14. The number of aromatic amines is 1. The van der Waals surface area contributed by atoms with E-state index in [0.29, 0.717) is 5.82 Å². The predicted molar refractivity (Wildman–Crippen MR) is 134 cm³/mol. The first kappa shape index (κ1) is 21.7. The number of rotatable bonds is 5. The highest BCUT2D eigenvalue weighted by atomic mass is 32.2. The van der Waals surface area contributed by atoms with Gasteiger partial charge in [-0.2, -0.15) is 0 Å². The van der Waals surface area contributed by atoms with Gasteiger partial charge in [0.05, 0.1) is 22.5 Å². The summed E-state index contributed by atoms with van der Waals surface area (Å²) in [7, 11) is -3.24. The van der Waals surface area contributed by atoms with Crippen molar-refractivity contribution >= 4 is 9.84 Å². The maximum absolute atomic E-state index is 11.7. The van der Waals surface area contributed by atoms with E-state index in [1.165, 1.54) is 6.26 Å². The number of nitrogens with zero attached hydrogens (tertiary/aromatic N) is 3. The van der Waals surface area contributed by atoms with Crippen LogP contribution in [0.25, 0.3) is 45.2 Å². The van der Waals surface area contributed by atoms with Crippen LogP contribution in [0.1, 0.15) is 5.56 Å². The molecule has 7 heteroatoms. The van der Waals surface area contributed by atoms with Gasteiger partial charge in [-0.25, -0.2) is 13.4 Å². The SMILES string of the molecule is Cc1cnc(-c2ncc(-c3ccnc(-c4ccc(S(C)(=O)=O)cc4)c3)[nH]2)c(-c2ccccc2)c1. The maximum atomic E-state index is 11.7. The van der Waals surface area contributed by atoms with Gasteiger partial charge in [0.25, 0.3) is 0 Å². The zero-order chi connectivity index (χ0) is 23.7. The summed E-state index contributed by atoms with van der Waals surface area (Å²) in [5.41, 5.74) is 7.30. The molecule has 0 bridgehead atoms. The van der Waals surface area contributed by atoms with Crippen molar-refractivity contribution in [3.05, 3.63) is 97.0 Å². The quantitative estimate of drug-likeness (QED) is 0.365. The Labute approximate surface area is 198 Å². The van der Waals surface area contributed by atoms with Crippen molar-refractivity contribution in [1.29, 1.82) is 0 Å². The molecule has 0 radical (unpaired) electrons. The predicted octanol–water partition coefficient (Wildman–Crippen LogP) is 5.58. The Bertz CT molecular complexity index is 1580. The fourth-order valence-corrected chi connectivity index (χ4v) is 4.44. The van der Waals surface area contributed by atoms with Gasteiger partial charge >= 0.3 is 0 Å². The van der Waals surface area contributed by atoms with Gasteiger partial charge in [0, 0.05) is 35.3 Å². The Hall–Kier alpha value is -4.10. The lowest BCUT2D eigenvalue weighted by Crippen LogP contribution is -1.96. The highest BCUT2D eigenvalue weighted by Crippen LogP contribution is 2.31. The molecule has 3 aromatic heterocycles. The molecule has 0 aliphatic carbocycles. The van der Waals surface area contributed by atoms with E-state index in [1.807, 2.05) is 43.5 Å². The van der Waals surface area contributed by atoms with Crippen LogP contribution in [0.4, 0.5) is 0 Å². The van der Waals surface area contributed by atoms with Crippen molar-refractivity contribution in [2.45, 2.75) is 11.8 Å². The van der Waals surface area contributed by atoms with Crippen molar-refractivity contribution in [1.82, 2.24) is 19.9 Å². The second-order valence-electron chi connectivity index (χ2n) is 8.15. The Morgan fingerprint density at radius 3 is 2.26 bits per heavy atom. The van der Waals surface area contributed by atoms with Gasteiger partial charge in [0.2, 0.25) is 0 Å². The standard InChI is InChI=1S/C27H22N4O2S/c1-18-14-23(19-6-4-3-5-7-19)26(29-16-18)27-30-17-25(31-27)21-12-13-28-24(15-21)20-8-10-22(11-9-20)34(2,32)33/h3-17H,1-2H3,(H,30,31). The molecule has 6 nitrogen and oxygen atoms in total. The summed E-state index contributed by atoms with van der Waals surface area (Å²) in [5.74, 6) is 0.685. The molecule has 34 heavy (non-hydrogen) atoms. The Morgan fingerprint density at radius 2 is 1.53 bits per heavy atom. The number of imidazole rings is 1. The lowest BCUT2D eigenvalue weighted by Gasteiger charge is -2.08. The van der Waals surface area contributed by atoms with Gasteiger partial charge in [-0.15, -0.1) is 0 Å². The van der Waals surface area contributed by atoms with Crippen LogP contribution in [0.2, 0.25) is 0 Å². The fraction of sp³-hybridized carbons (Fsp3) is 0.0741. The summed E-state index contributed by atoms with van der Waals surface area (Å²) in [6.07, 6.45) is 6.56. The molecule has 0 aliphatic rings. The molecule has 0 aliphatic heterocycles. The summed E-state index contributed by atoms with van der Waals surface area (Å²) in [6.45, 7) is 2.03. The molecule has 1 N–H and O–H groups in total. The first-order valence-corrected chi connectivity index (χ1v) is 12.6. The summed E-state index contributed by atoms with van der Waals surface area (Å²) < 4.78 is 23.5. The highest BCUT2D eigenvalue weighted by molar-refractivity contribution is 7.90. The third-order valence-corrected chi connectivity index (χ3v) is 6.69. The topological polar surface area (TPSA) is 88.6 Å². The van der Waals surface area contributed by atoms with Gasteiger partial charge in [-0.3, -0.25) is 9.97 Å². The first-order chi connectivity index (χ1) is 16.4. The first-order valence-electron chi connectivity index (χ1n) is 10.7. The third-order valence-electron chi connectivity index (χ3n) is 5.56. The van der Waals surface area contributed by atoms with E-state index in [4.69, 9.17) is 0 Å². The van der Waals surface area contributed by atoms with Crippen molar-refractivity contribution in [2.75, 3.05) is 6.26 Å². The number of hydrogen-bond donors (Lipinski definition) is 1. The summed E-state index contributed by atoms with van der Waals surface area (Å²) in [6, 6.07) is 22.8. The summed E-state index contributed by atoms with van der Waals surface area (Å²) in [5, 5.41) is 0. The molecule has 0 amide bonds. The second-order valence-corrected chi connectivity index (χ2v) is 10.2. The van der Waals surface area contributed by atoms with E-state index in [9.17, 15) is 8.42 Å². The summed E-state index contributed by atoms with van der Waals surface area (Å²) in [4.78, 5) is 17.4. The van der Waals surface area contributed by atoms with Crippen molar-refractivity contribution < 1.29 is 8.42 Å². The minimum absolute atomic E-state index is 0.283. The van der Waals surface area contributed by atoms with Gasteiger partial charge in [0.15, 0.2) is 15.7 Å². The molecule has 168 valence electrons. The monoisotopic (exact) mass is 466 g/mol. The van der Waals surface area contributed by atoms with E-state index in [1.54, 1.807) is 36.7 Å². The normalized spacial score (nSPS) is 11.5. The van der Waals surface area contributed by atoms with Crippen molar-refractivity contribution in [3.8, 4) is 45.2 Å². The molecule has 0 saturated carbocycles. The van der Waals surface area contributed by atoms with Crippen LogP contribution in [0.5, 0.6) is 0 Å². The number of nitrogens with one attached hydrogen (secondary N) is 1. The number of benzene rings is 2. The molecule has 0 saturated heterocycles. The van der Waals surface area contributed by atoms with E-state index in [0.717, 1.165) is 44.9 Å². The molecule has 2 aromatic carbocycles. The number of aryl methyl sites for hydroxylation is 1.